The number of hydrogen-bond acceptors (Lipinski definition) is 3. The van der Waals surface area contributed by atoms with Gasteiger partial charge in [-0.25, -0.2) is 0 Å². The maximum Gasteiger partial charge on any atom is 0.120 e. The summed E-state index contributed by atoms with van der Waals surface area (Å²) in [5.41, 5.74) is 6.81. The van der Waals surface area contributed by atoms with Gasteiger partial charge in [-0.3, -0.25) is 4.90 Å². The Morgan fingerprint density at radius 1 is 1.35 bits per heavy atom. The highest BCUT2D eigenvalue weighted by Gasteiger charge is 2.29. The Labute approximate surface area is 103 Å². The smallest absolute Gasteiger partial charge is 0.120 e. The quantitative estimate of drug-likeness (QED) is 0.837. The molecule has 0 amide bonds. The first-order chi connectivity index (χ1) is 8.22. The molecule has 1 aromatic carbocycles. The Morgan fingerprint density at radius 3 is 2.82 bits per heavy atom. The Morgan fingerprint density at radius 2 is 2.12 bits per heavy atom. The van der Waals surface area contributed by atoms with Crippen LogP contribution in [0.4, 0.5) is 0 Å². The second-order valence-corrected chi connectivity index (χ2v) is 5.04. The third-order valence-corrected chi connectivity index (χ3v) is 3.90. The molecule has 0 radical (unpaired) electrons. The highest BCUT2D eigenvalue weighted by atomic mass is 16.3. The molecule has 1 aromatic rings. The van der Waals surface area contributed by atoms with Crippen LogP contribution in [0.1, 0.15) is 24.8 Å². The van der Waals surface area contributed by atoms with Crippen molar-refractivity contribution in [3.8, 4) is 5.75 Å². The van der Waals surface area contributed by atoms with Crippen molar-refractivity contribution in [3.63, 3.8) is 0 Å². The highest BCUT2D eigenvalue weighted by molar-refractivity contribution is 5.31. The first kappa shape index (κ1) is 12.4. The zero-order chi connectivity index (χ0) is 12.3. The number of phenolic OH excluding ortho intramolecular Hbond substituents is 1. The minimum absolute atomic E-state index is 0.390. The van der Waals surface area contributed by atoms with Gasteiger partial charge in [-0.15, -0.1) is 0 Å². The molecule has 1 fully saturated rings. The van der Waals surface area contributed by atoms with Crippen LogP contribution in [0.25, 0.3) is 0 Å². The van der Waals surface area contributed by atoms with E-state index in [2.05, 4.69) is 11.9 Å². The van der Waals surface area contributed by atoms with Crippen molar-refractivity contribution in [2.75, 3.05) is 13.6 Å². The van der Waals surface area contributed by atoms with Gasteiger partial charge < -0.3 is 10.8 Å². The number of rotatable bonds is 4. The summed E-state index contributed by atoms with van der Waals surface area (Å²) in [5.74, 6) is 1.01. The van der Waals surface area contributed by atoms with Gasteiger partial charge in [-0.1, -0.05) is 24.6 Å². The van der Waals surface area contributed by atoms with E-state index in [1.165, 1.54) is 19.3 Å². The summed E-state index contributed by atoms with van der Waals surface area (Å²) >= 11 is 0. The molecule has 2 rings (SSSR count). The van der Waals surface area contributed by atoms with Crippen molar-refractivity contribution in [1.29, 1.82) is 0 Å². The van der Waals surface area contributed by atoms with Crippen LogP contribution >= 0.6 is 0 Å². The van der Waals surface area contributed by atoms with Crippen molar-refractivity contribution in [2.45, 2.75) is 31.8 Å². The summed E-state index contributed by atoms with van der Waals surface area (Å²) in [5, 5.41) is 9.77. The standard InChI is InChI=1S/C14H22N2O/c1-16(13-7-4-6-11(13)9-15)10-12-5-2-3-8-14(12)17/h2-3,5,8,11,13,17H,4,6-7,9-10,15H2,1H3. The molecule has 1 aliphatic rings. The van der Waals surface area contributed by atoms with Gasteiger partial charge in [0.25, 0.3) is 0 Å². The van der Waals surface area contributed by atoms with E-state index < -0.39 is 0 Å². The Balaban J connectivity index is 2.01. The van der Waals surface area contributed by atoms with E-state index >= 15 is 0 Å². The van der Waals surface area contributed by atoms with E-state index in [1.807, 2.05) is 18.2 Å². The fraction of sp³-hybridized carbons (Fsp3) is 0.571. The summed E-state index contributed by atoms with van der Waals surface area (Å²) in [6, 6.07) is 8.13. The molecule has 0 heterocycles. The number of benzene rings is 1. The largest absolute Gasteiger partial charge is 0.508 e. The van der Waals surface area contributed by atoms with Gasteiger partial charge in [0.2, 0.25) is 0 Å². The fourth-order valence-electron chi connectivity index (χ4n) is 2.90. The van der Waals surface area contributed by atoms with Crippen molar-refractivity contribution in [3.05, 3.63) is 29.8 Å². The second kappa shape index (κ2) is 5.52. The summed E-state index contributed by atoms with van der Waals surface area (Å²) in [6.07, 6.45) is 3.75. The lowest BCUT2D eigenvalue weighted by Gasteiger charge is -2.29. The van der Waals surface area contributed by atoms with Gasteiger partial charge >= 0.3 is 0 Å². The third-order valence-electron chi connectivity index (χ3n) is 3.90. The molecule has 17 heavy (non-hydrogen) atoms. The minimum atomic E-state index is 0.390. The normalized spacial score (nSPS) is 24.4. The summed E-state index contributed by atoms with van der Waals surface area (Å²) in [4.78, 5) is 2.33. The molecule has 2 atom stereocenters. The van der Waals surface area contributed by atoms with Gasteiger partial charge in [0.15, 0.2) is 0 Å². The number of nitrogens with two attached hydrogens (primary N) is 1. The number of aromatic hydroxyl groups is 1. The summed E-state index contributed by atoms with van der Waals surface area (Å²) in [7, 11) is 2.13. The van der Waals surface area contributed by atoms with Crippen LogP contribution in [0.3, 0.4) is 0 Å². The van der Waals surface area contributed by atoms with Crippen LogP contribution in [0.5, 0.6) is 5.75 Å². The average Bonchev–Trinajstić information content (AvgIpc) is 2.80. The number of phenols is 1. The number of hydrogen-bond donors (Lipinski definition) is 2. The van der Waals surface area contributed by atoms with Crippen LogP contribution in [-0.4, -0.2) is 29.6 Å². The zero-order valence-corrected chi connectivity index (χ0v) is 10.5. The Hall–Kier alpha value is -1.06. The van der Waals surface area contributed by atoms with E-state index in [1.54, 1.807) is 6.07 Å². The lowest BCUT2D eigenvalue weighted by molar-refractivity contribution is 0.191. The highest BCUT2D eigenvalue weighted by Crippen LogP contribution is 2.30. The van der Waals surface area contributed by atoms with E-state index in [-0.39, 0.29) is 0 Å². The average molecular weight is 234 g/mol. The first-order valence-corrected chi connectivity index (χ1v) is 6.39. The zero-order valence-electron chi connectivity index (χ0n) is 10.5. The lowest BCUT2D eigenvalue weighted by atomic mass is 10.0. The lowest BCUT2D eigenvalue weighted by Crippen LogP contribution is -2.37. The van der Waals surface area contributed by atoms with Crippen LogP contribution in [0.15, 0.2) is 24.3 Å². The molecule has 2 unspecified atom stereocenters. The van der Waals surface area contributed by atoms with Gasteiger partial charge in [0, 0.05) is 18.2 Å². The second-order valence-electron chi connectivity index (χ2n) is 5.04. The monoisotopic (exact) mass is 234 g/mol. The number of para-hydroxylation sites is 1. The minimum Gasteiger partial charge on any atom is -0.508 e. The van der Waals surface area contributed by atoms with Crippen molar-refractivity contribution < 1.29 is 5.11 Å². The fourth-order valence-corrected chi connectivity index (χ4v) is 2.90. The molecular weight excluding hydrogens is 212 g/mol. The maximum atomic E-state index is 9.77. The van der Waals surface area contributed by atoms with Gasteiger partial charge in [0.1, 0.15) is 5.75 Å². The van der Waals surface area contributed by atoms with E-state index in [0.717, 1.165) is 18.7 Å². The SMILES string of the molecule is CN(Cc1ccccc1O)C1CCCC1CN. The van der Waals surface area contributed by atoms with Crippen LogP contribution in [-0.2, 0) is 6.54 Å². The molecule has 0 bridgehead atoms. The molecule has 0 aliphatic heterocycles. The van der Waals surface area contributed by atoms with Gasteiger partial charge in [-0.2, -0.15) is 0 Å². The van der Waals surface area contributed by atoms with Gasteiger partial charge in [-0.05, 0) is 38.4 Å². The van der Waals surface area contributed by atoms with E-state index in [4.69, 9.17) is 5.73 Å². The summed E-state index contributed by atoms with van der Waals surface area (Å²) < 4.78 is 0. The molecule has 3 heteroatoms. The molecule has 1 aliphatic carbocycles. The summed E-state index contributed by atoms with van der Waals surface area (Å²) in [6.45, 7) is 1.57. The Kier molecular flexibility index (Phi) is 4.02. The third kappa shape index (κ3) is 2.79. The molecule has 3 nitrogen and oxygen atoms in total. The predicted octanol–water partition coefficient (Wildman–Crippen LogP) is 1.95. The van der Waals surface area contributed by atoms with Crippen molar-refractivity contribution >= 4 is 0 Å². The molecule has 0 aromatic heterocycles. The molecule has 94 valence electrons. The van der Waals surface area contributed by atoms with E-state index in [0.29, 0.717) is 17.7 Å². The van der Waals surface area contributed by atoms with Crippen LogP contribution in [0.2, 0.25) is 0 Å². The predicted molar refractivity (Wildman–Crippen MR) is 69.8 cm³/mol. The topological polar surface area (TPSA) is 49.5 Å². The molecule has 3 N–H and O–H groups in total. The molecular formula is C14H22N2O. The number of nitrogens with zero attached hydrogens (tertiary/aromatic N) is 1. The molecule has 0 saturated heterocycles. The van der Waals surface area contributed by atoms with Crippen LogP contribution < -0.4 is 5.73 Å². The van der Waals surface area contributed by atoms with Crippen molar-refractivity contribution in [2.24, 2.45) is 11.7 Å². The molecule has 0 spiro atoms. The first-order valence-electron chi connectivity index (χ1n) is 6.39. The maximum absolute atomic E-state index is 9.77. The van der Waals surface area contributed by atoms with E-state index in [9.17, 15) is 5.11 Å². The van der Waals surface area contributed by atoms with Crippen molar-refractivity contribution in [1.82, 2.24) is 4.90 Å². The Bertz CT molecular complexity index is 367. The van der Waals surface area contributed by atoms with Gasteiger partial charge in [0.05, 0.1) is 0 Å². The van der Waals surface area contributed by atoms with Crippen LogP contribution in [0, 0.1) is 5.92 Å². The molecule has 1 saturated carbocycles.